The van der Waals surface area contributed by atoms with Crippen LogP contribution >= 0.6 is 0 Å². The van der Waals surface area contributed by atoms with E-state index >= 15 is 0 Å². The molecule has 0 bridgehead atoms. The van der Waals surface area contributed by atoms with Gasteiger partial charge in [-0.2, -0.15) is 4.98 Å². The first-order chi connectivity index (χ1) is 11.5. The number of piperidine rings is 1. The van der Waals surface area contributed by atoms with Gasteiger partial charge in [0.05, 0.1) is 6.54 Å². The van der Waals surface area contributed by atoms with Crippen molar-refractivity contribution in [2.45, 2.75) is 70.9 Å². The van der Waals surface area contributed by atoms with Crippen LogP contribution in [0.5, 0.6) is 0 Å². The summed E-state index contributed by atoms with van der Waals surface area (Å²) in [5, 5.41) is 12.9. The topological polar surface area (TPSA) is 72.9 Å². The zero-order valence-corrected chi connectivity index (χ0v) is 14.8. The lowest BCUT2D eigenvalue weighted by atomic mass is 9.96. The summed E-state index contributed by atoms with van der Waals surface area (Å²) in [4.78, 5) is 6.96. The van der Waals surface area contributed by atoms with Gasteiger partial charge in [0.25, 0.3) is 0 Å². The zero-order chi connectivity index (χ0) is 16.7. The van der Waals surface area contributed by atoms with Crippen LogP contribution in [0.1, 0.15) is 69.3 Å². The van der Waals surface area contributed by atoms with Crippen molar-refractivity contribution in [2.24, 2.45) is 0 Å². The van der Waals surface area contributed by atoms with Gasteiger partial charge in [0.15, 0.2) is 5.82 Å². The molecule has 1 fully saturated rings. The Morgan fingerprint density at radius 3 is 2.62 bits per heavy atom. The van der Waals surface area contributed by atoms with Crippen LogP contribution in [0.25, 0.3) is 0 Å². The molecule has 2 aromatic heterocycles. The summed E-state index contributed by atoms with van der Waals surface area (Å²) in [5.41, 5.74) is -0.0910. The van der Waals surface area contributed by atoms with E-state index in [1.165, 1.54) is 18.1 Å². The summed E-state index contributed by atoms with van der Waals surface area (Å²) in [6, 6.07) is 0. The molecular weight excluding hydrogens is 304 g/mol. The molecule has 2 aliphatic heterocycles. The molecule has 1 saturated heterocycles. The average molecular weight is 330 g/mol. The Balaban J connectivity index is 1.35. The van der Waals surface area contributed by atoms with Crippen molar-refractivity contribution in [1.29, 1.82) is 0 Å². The molecule has 7 heteroatoms. The Hall–Kier alpha value is -1.76. The van der Waals surface area contributed by atoms with Crippen molar-refractivity contribution in [3.05, 3.63) is 23.4 Å². The number of hydrogen-bond acceptors (Lipinski definition) is 6. The lowest BCUT2D eigenvalue weighted by Gasteiger charge is -2.30. The van der Waals surface area contributed by atoms with Gasteiger partial charge in [0.2, 0.25) is 5.89 Å². The second kappa shape index (κ2) is 5.95. The molecule has 0 N–H and O–H groups in total. The number of likely N-dealkylation sites (tertiary alicyclic amines) is 1. The minimum Gasteiger partial charge on any atom is -0.339 e. The Labute approximate surface area is 142 Å². The van der Waals surface area contributed by atoms with E-state index in [0.29, 0.717) is 11.8 Å². The molecule has 0 aliphatic carbocycles. The quantitative estimate of drug-likeness (QED) is 0.860. The van der Waals surface area contributed by atoms with Gasteiger partial charge in [-0.3, -0.25) is 4.90 Å². The van der Waals surface area contributed by atoms with Crippen LogP contribution in [0.15, 0.2) is 4.52 Å². The Morgan fingerprint density at radius 1 is 1.12 bits per heavy atom. The van der Waals surface area contributed by atoms with Crippen molar-refractivity contribution >= 4 is 0 Å². The molecule has 0 atom stereocenters. The lowest BCUT2D eigenvalue weighted by molar-refractivity contribution is 0.193. The van der Waals surface area contributed by atoms with Gasteiger partial charge in [-0.25, -0.2) is 0 Å². The maximum atomic E-state index is 5.39. The number of aryl methyl sites for hydroxylation is 1. The van der Waals surface area contributed by atoms with Gasteiger partial charge in [0, 0.05) is 24.3 Å². The highest BCUT2D eigenvalue weighted by atomic mass is 16.5. The van der Waals surface area contributed by atoms with Crippen molar-refractivity contribution in [3.8, 4) is 0 Å². The minimum absolute atomic E-state index is 0.0910. The minimum atomic E-state index is -0.0910. The third-order valence-electron chi connectivity index (χ3n) is 5.07. The summed E-state index contributed by atoms with van der Waals surface area (Å²) in [7, 11) is 0. The molecule has 0 aromatic carbocycles. The normalized spacial score (nSPS) is 19.8. The molecule has 24 heavy (non-hydrogen) atoms. The summed E-state index contributed by atoms with van der Waals surface area (Å²) in [6.45, 7) is 10.2. The molecule has 0 unspecified atom stereocenters. The predicted octanol–water partition coefficient (Wildman–Crippen LogP) is 2.28. The first kappa shape index (κ1) is 15.7. The molecule has 4 heterocycles. The van der Waals surface area contributed by atoms with Crippen LogP contribution in [-0.2, 0) is 24.9 Å². The van der Waals surface area contributed by atoms with Gasteiger partial charge < -0.3 is 9.09 Å². The zero-order valence-electron chi connectivity index (χ0n) is 14.8. The van der Waals surface area contributed by atoms with Crippen molar-refractivity contribution in [2.75, 3.05) is 13.1 Å². The summed E-state index contributed by atoms with van der Waals surface area (Å²) < 4.78 is 7.73. The highest BCUT2D eigenvalue weighted by molar-refractivity contribution is 5.07. The van der Waals surface area contributed by atoms with Gasteiger partial charge in [0.1, 0.15) is 11.6 Å². The standard InChI is InChI=1S/C17H26N6O/c1-17(2,3)16-18-13(21-24-16)11-22-9-6-12(7-10-22)15-20-19-14-5-4-8-23(14)15/h12H,4-11H2,1-3H3. The molecule has 0 saturated carbocycles. The molecule has 7 nitrogen and oxygen atoms in total. The van der Waals surface area contributed by atoms with Crippen LogP contribution in [0.2, 0.25) is 0 Å². The smallest absolute Gasteiger partial charge is 0.232 e. The van der Waals surface area contributed by atoms with Crippen molar-refractivity contribution in [3.63, 3.8) is 0 Å². The third kappa shape index (κ3) is 2.97. The first-order valence-electron chi connectivity index (χ1n) is 8.98. The van der Waals surface area contributed by atoms with Gasteiger partial charge in [-0.05, 0) is 32.4 Å². The highest BCUT2D eigenvalue weighted by Gasteiger charge is 2.28. The van der Waals surface area contributed by atoms with E-state index in [2.05, 4.69) is 50.6 Å². The summed E-state index contributed by atoms with van der Waals surface area (Å²) >= 11 is 0. The van der Waals surface area contributed by atoms with E-state index in [4.69, 9.17) is 4.52 Å². The molecule has 2 aromatic rings. The van der Waals surface area contributed by atoms with Gasteiger partial charge in [-0.15, -0.1) is 10.2 Å². The second-order valence-corrected chi connectivity index (χ2v) is 8.05. The fourth-order valence-corrected chi connectivity index (χ4v) is 3.65. The molecule has 130 valence electrons. The number of fused-ring (bicyclic) bond motifs is 1. The number of hydrogen-bond donors (Lipinski definition) is 0. The van der Waals surface area contributed by atoms with E-state index in [-0.39, 0.29) is 5.41 Å². The third-order valence-corrected chi connectivity index (χ3v) is 5.07. The SMILES string of the molecule is CC(C)(C)c1nc(CN2CCC(c3nnc4n3CCC4)CC2)no1. The maximum absolute atomic E-state index is 5.39. The van der Waals surface area contributed by atoms with E-state index in [9.17, 15) is 0 Å². The van der Waals surface area contributed by atoms with E-state index in [1.54, 1.807) is 0 Å². The van der Waals surface area contributed by atoms with Gasteiger partial charge in [-0.1, -0.05) is 25.9 Å². The maximum Gasteiger partial charge on any atom is 0.232 e. The van der Waals surface area contributed by atoms with Crippen molar-refractivity contribution < 1.29 is 4.52 Å². The van der Waals surface area contributed by atoms with E-state index in [0.717, 1.165) is 51.3 Å². The van der Waals surface area contributed by atoms with Crippen LogP contribution in [0.3, 0.4) is 0 Å². The van der Waals surface area contributed by atoms with Crippen LogP contribution in [0.4, 0.5) is 0 Å². The van der Waals surface area contributed by atoms with Crippen molar-refractivity contribution in [1.82, 2.24) is 29.8 Å². The van der Waals surface area contributed by atoms with Crippen LogP contribution in [-0.4, -0.2) is 42.9 Å². The van der Waals surface area contributed by atoms with E-state index < -0.39 is 0 Å². The Bertz CT molecular complexity index is 705. The summed E-state index contributed by atoms with van der Waals surface area (Å²) in [5.74, 6) is 4.43. The average Bonchev–Trinajstić information content (AvgIpc) is 3.23. The fourth-order valence-electron chi connectivity index (χ4n) is 3.65. The largest absolute Gasteiger partial charge is 0.339 e. The number of rotatable bonds is 3. The Morgan fingerprint density at radius 2 is 1.92 bits per heavy atom. The Kier molecular flexibility index (Phi) is 3.90. The second-order valence-electron chi connectivity index (χ2n) is 8.05. The fraction of sp³-hybridized carbons (Fsp3) is 0.765. The lowest BCUT2D eigenvalue weighted by Crippen LogP contribution is -2.33. The number of nitrogens with zero attached hydrogens (tertiary/aromatic N) is 6. The molecule has 4 rings (SSSR count). The molecule has 2 aliphatic rings. The summed E-state index contributed by atoms with van der Waals surface area (Å²) in [6.07, 6.45) is 4.55. The highest BCUT2D eigenvalue weighted by Crippen LogP contribution is 2.30. The molecule has 0 radical (unpaired) electrons. The first-order valence-corrected chi connectivity index (χ1v) is 8.98. The molecule has 0 amide bonds. The van der Waals surface area contributed by atoms with Gasteiger partial charge >= 0.3 is 0 Å². The van der Waals surface area contributed by atoms with Crippen LogP contribution in [0, 0.1) is 0 Å². The van der Waals surface area contributed by atoms with Crippen LogP contribution < -0.4 is 0 Å². The molecular formula is C17H26N6O. The monoisotopic (exact) mass is 330 g/mol. The molecule has 0 spiro atoms. The van der Waals surface area contributed by atoms with E-state index in [1.807, 2.05) is 0 Å². The number of aromatic nitrogens is 5. The predicted molar refractivity (Wildman–Crippen MR) is 88.6 cm³/mol.